The van der Waals surface area contributed by atoms with E-state index < -0.39 is 5.54 Å². The maximum atomic E-state index is 13.0. The van der Waals surface area contributed by atoms with Crippen LogP contribution < -0.4 is 5.73 Å². The topological polar surface area (TPSA) is 38.9 Å². The zero-order valence-electron chi connectivity index (χ0n) is 11.6. The Labute approximate surface area is 113 Å². The lowest BCUT2D eigenvalue weighted by atomic mass is 9.83. The van der Waals surface area contributed by atoms with Crippen LogP contribution in [0.2, 0.25) is 0 Å². The van der Waals surface area contributed by atoms with Gasteiger partial charge in [0.05, 0.1) is 17.4 Å². The number of nitrogens with zero attached hydrogens (tertiary/aromatic N) is 1. The molecule has 2 N–H and O–H groups in total. The Morgan fingerprint density at radius 1 is 1.16 bits per heavy atom. The summed E-state index contributed by atoms with van der Waals surface area (Å²) in [5.41, 5.74) is 9.98. The van der Waals surface area contributed by atoms with Gasteiger partial charge in [-0.3, -0.25) is 4.98 Å². The summed E-state index contributed by atoms with van der Waals surface area (Å²) in [7, 11) is 0. The minimum atomic E-state index is -0.674. The highest BCUT2D eigenvalue weighted by molar-refractivity contribution is 5.39. The van der Waals surface area contributed by atoms with Crippen LogP contribution in [0.3, 0.4) is 0 Å². The number of benzene rings is 1. The van der Waals surface area contributed by atoms with Gasteiger partial charge in [-0.25, -0.2) is 4.39 Å². The van der Waals surface area contributed by atoms with Crippen LogP contribution in [0, 0.1) is 19.7 Å². The van der Waals surface area contributed by atoms with Crippen molar-refractivity contribution in [2.45, 2.75) is 32.7 Å². The van der Waals surface area contributed by atoms with Crippen molar-refractivity contribution in [2.75, 3.05) is 0 Å². The molecule has 0 spiro atoms. The monoisotopic (exact) mass is 258 g/mol. The van der Waals surface area contributed by atoms with Crippen LogP contribution in [0.25, 0.3) is 0 Å². The van der Waals surface area contributed by atoms with Crippen molar-refractivity contribution in [3.8, 4) is 0 Å². The minimum absolute atomic E-state index is 0.345. The van der Waals surface area contributed by atoms with E-state index in [1.807, 2.05) is 13.0 Å². The molecule has 2 nitrogen and oxygen atoms in total. The lowest BCUT2D eigenvalue weighted by molar-refractivity contribution is 0.498. The van der Waals surface area contributed by atoms with Gasteiger partial charge in [0.25, 0.3) is 0 Å². The number of halogens is 1. The van der Waals surface area contributed by atoms with Gasteiger partial charge >= 0.3 is 0 Å². The van der Waals surface area contributed by atoms with Crippen LogP contribution in [0.4, 0.5) is 4.39 Å². The third-order valence-corrected chi connectivity index (χ3v) is 3.76. The second kappa shape index (κ2) is 5.10. The zero-order valence-corrected chi connectivity index (χ0v) is 11.6. The lowest BCUT2D eigenvalue weighted by Gasteiger charge is -2.29. The van der Waals surface area contributed by atoms with Gasteiger partial charge in [-0.1, -0.05) is 25.1 Å². The van der Waals surface area contributed by atoms with Gasteiger partial charge in [0.15, 0.2) is 0 Å². The third kappa shape index (κ3) is 2.51. The first-order valence-electron chi connectivity index (χ1n) is 6.46. The summed E-state index contributed by atoms with van der Waals surface area (Å²) in [6, 6.07) is 9.24. The van der Waals surface area contributed by atoms with Gasteiger partial charge in [0.2, 0.25) is 0 Å². The summed E-state index contributed by atoms with van der Waals surface area (Å²) >= 11 is 0. The summed E-state index contributed by atoms with van der Waals surface area (Å²) in [6.45, 7) is 6.15. The van der Waals surface area contributed by atoms with E-state index in [0.29, 0.717) is 12.1 Å². The van der Waals surface area contributed by atoms with Crippen LogP contribution in [-0.4, -0.2) is 4.98 Å². The van der Waals surface area contributed by atoms with Crippen molar-refractivity contribution >= 4 is 0 Å². The summed E-state index contributed by atoms with van der Waals surface area (Å²) < 4.78 is 13.0. The molecule has 2 rings (SSSR count). The third-order valence-electron chi connectivity index (χ3n) is 3.76. The molecule has 3 heteroatoms. The quantitative estimate of drug-likeness (QED) is 0.915. The summed E-state index contributed by atoms with van der Waals surface area (Å²) in [6.07, 6.45) is 1.92. The summed E-state index contributed by atoms with van der Waals surface area (Å²) in [4.78, 5) is 4.15. The van der Waals surface area contributed by atoms with Gasteiger partial charge in [0.1, 0.15) is 5.82 Å². The molecule has 0 amide bonds. The molecule has 0 aliphatic carbocycles. The van der Waals surface area contributed by atoms with E-state index >= 15 is 0 Å². The molecular formula is C16H19FN2. The van der Waals surface area contributed by atoms with E-state index in [4.69, 9.17) is 5.73 Å². The fourth-order valence-corrected chi connectivity index (χ4v) is 2.19. The first-order valence-corrected chi connectivity index (χ1v) is 6.46. The molecule has 0 radical (unpaired) electrons. The first-order chi connectivity index (χ1) is 8.97. The van der Waals surface area contributed by atoms with Gasteiger partial charge in [-0.15, -0.1) is 0 Å². The molecule has 0 bridgehead atoms. The molecule has 1 aromatic carbocycles. The second-order valence-corrected chi connectivity index (χ2v) is 4.99. The molecule has 100 valence electrons. The maximum Gasteiger partial charge on any atom is 0.141 e. The standard InChI is InChI=1S/C16H19FN2/c1-4-16(18,15-8-7-14(17)10-19-15)13-6-5-11(2)12(3)9-13/h5-10H,4,18H2,1-3H3. The van der Waals surface area contributed by atoms with Crippen LogP contribution in [0.1, 0.15) is 35.7 Å². The highest BCUT2D eigenvalue weighted by atomic mass is 19.1. The Kier molecular flexibility index (Phi) is 3.67. The fourth-order valence-electron chi connectivity index (χ4n) is 2.19. The Bertz CT molecular complexity index is 578. The minimum Gasteiger partial charge on any atom is -0.316 e. The number of rotatable bonds is 3. The normalized spacial score (nSPS) is 14.2. The van der Waals surface area contributed by atoms with Crippen LogP contribution in [0.15, 0.2) is 36.5 Å². The zero-order chi connectivity index (χ0) is 14.0. The van der Waals surface area contributed by atoms with Gasteiger partial charge in [-0.05, 0) is 49.1 Å². The molecule has 2 aromatic rings. The maximum absolute atomic E-state index is 13.0. The van der Waals surface area contributed by atoms with Crippen molar-refractivity contribution in [1.29, 1.82) is 0 Å². The molecule has 1 aromatic heterocycles. The Hall–Kier alpha value is -1.74. The van der Waals surface area contributed by atoms with Crippen LogP contribution >= 0.6 is 0 Å². The SMILES string of the molecule is CCC(N)(c1ccc(C)c(C)c1)c1ccc(F)cn1. The number of hydrogen-bond acceptors (Lipinski definition) is 2. The largest absolute Gasteiger partial charge is 0.316 e. The van der Waals surface area contributed by atoms with E-state index in [1.165, 1.54) is 23.4 Å². The van der Waals surface area contributed by atoms with E-state index in [9.17, 15) is 4.39 Å². The molecule has 1 heterocycles. The highest BCUT2D eigenvalue weighted by Crippen LogP contribution is 2.30. The van der Waals surface area contributed by atoms with Crippen molar-refractivity contribution in [3.63, 3.8) is 0 Å². The van der Waals surface area contributed by atoms with E-state index in [-0.39, 0.29) is 5.82 Å². The van der Waals surface area contributed by atoms with Crippen LogP contribution in [0.5, 0.6) is 0 Å². The fraction of sp³-hybridized carbons (Fsp3) is 0.312. The average molecular weight is 258 g/mol. The molecule has 1 atom stereocenters. The van der Waals surface area contributed by atoms with Crippen molar-refractivity contribution in [1.82, 2.24) is 4.98 Å². The predicted molar refractivity (Wildman–Crippen MR) is 75.4 cm³/mol. The molecule has 19 heavy (non-hydrogen) atoms. The Morgan fingerprint density at radius 3 is 2.42 bits per heavy atom. The number of aromatic nitrogens is 1. The molecular weight excluding hydrogens is 239 g/mol. The lowest BCUT2D eigenvalue weighted by Crippen LogP contribution is -2.38. The van der Waals surface area contributed by atoms with E-state index in [2.05, 4.69) is 31.0 Å². The molecule has 1 unspecified atom stereocenters. The highest BCUT2D eigenvalue weighted by Gasteiger charge is 2.29. The van der Waals surface area contributed by atoms with Gasteiger partial charge < -0.3 is 5.73 Å². The molecule has 0 fully saturated rings. The van der Waals surface area contributed by atoms with Crippen molar-refractivity contribution < 1.29 is 4.39 Å². The summed E-state index contributed by atoms with van der Waals surface area (Å²) in [5.74, 6) is -0.345. The molecule has 0 saturated carbocycles. The summed E-state index contributed by atoms with van der Waals surface area (Å²) in [5, 5.41) is 0. The van der Waals surface area contributed by atoms with Gasteiger partial charge in [-0.2, -0.15) is 0 Å². The van der Waals surface area contributed by atoms with E-state index in [0.717, 1.165) is 5.56 Å². The number of hydrogen-bond donors (Lipinski definition) is 1. The molecule has 0 aliphatic heterocycles. The predicted octanol–water partition coefficient (Wildman–Crippen LogP) is 3.45. The van der Waals surface area contributed by atoms with Crippen LogP contribution in [-0.2, 0) is 5.54 Å². The van der Waals surface area contributed by atoms with Crippen molar-refractivity contribution in [2.24, 2.45) is 5.73 Å². The Balaban J connectivity index is 2.52. The van der Waals surface area contributed by atoms with Crippen molar-refractivity contribution in [3.05, 3.63) is 64.7 Å². The number of nitrogens with two attached hydrogens (primary N) is 1. The van der Waals surface area contributed by atoms with E-state index in [1.54, 1.807) is 6.07 Å². The smallest absolute Gasteiger partial charge is 0.141 e. The molecule has 0 saturated heterocycles. The number of pyridine rings is 1. The Morgan fingerprint density at radius 2 is 1.89 bits per heavy atom. The number of aryl methyl sites for hydroxylation is 2. The van der Waals surface area contributed by atoms with Gasteiger partial charge in [0, 0.05) is 0 Å². The molecule has 0 aliphatic rings. The second-order valence-electron chi connectivity index (χ2n) is 4.99. The first kappa shape index (κ1) is 13.7. The average Bonchev–Trinajstić information content (AvgIpc) is 2.42.